The van der Waals surface area contributed by atoms with Crippen molar-refractivity contribution in [1.29, 1.82) is 0 Å². The highest BCUT2D eigenvalue weighted by molar-refractivity contribution is 5.66. The van der Waals surface area contributed by atoms with Crippen molar-refractivity contribution in [2.45, 2.75) is 0 Å². The average molecular weight is 293 g/mol. The number of hydrogen-bond acceptors (Lipinski definition) is 2. The minimum atomic E-state index is -2.29. The molecule has 2 nitrogen and oxygen atoms in total. The minimum absolute atomic E-state index is 0.371. The molecule has 2 rings (SSSR count). The third-order valence-electron chi connectivity index (χ3n) is 2.48. The number of hydrogen-bond donors (Lipinski definition) is 0. The van der Waals surface area contributed by atoms with E-state index in [9.17, 15) is 26.3 Å². The van der Waals surface area contributed by atoms with Crippen LogP contribution in [0.25, 0.3) is 11.1 Å². The van der Waals surface area contributed by atoms with Crippen LogP contribution in [0.1, 0.15) is 0 Å². The van der Waals surface area contributed by atoms with Gasteiger partial charge >= 0.3 is 0 Å². The zero-order valence-corrected chi connectivity index (χ0v) is 9.78. The Kier molecular flexibility index (Phi) is 3.56. The maximum atomic E-state index is 13.6. The first kappa shape index (κ1) is 14.2. The molecule has 0 radical (unpaired) electrons. The van der Waals surface area contributed by atoms with Gasteiger partial charge in [0.1, 0.15) is 0 Å². The zero-order chi connectivity index (χ0) is 15.0. The van der Waals surface area contributed by atoms with Gasteiger partial charge in [-0.05, 0) is 5.56 Å². The predicted octanol–water partition coefficient (Wildman–Crippen LogP) is 3.59. The van der Waals surface area contributed by atoms with Gasteiger partial charge in [-0.2, -0.15) is 9.37 Å². The Bertz CT molecular complexity index is 659. The van der Waals surface area contributed by atoms with Crippen LogP contribution in [0.15, 0.2) is 12.1 Å². The number of benzene rings is 1. The molecule has 106 valence electrons. The maximum Gasteiger partial charge on any atom is 0.216 e. The van der Waals surface area contributed by atoms with E-state index in [0.29, 0.717) is 6.07 Å². The number of pyridine rings is 1. The maximum absolute atomic E-state index is 13.6. The van der Waals surface area contributed by atoms with E-state index in [1.54, 1.807) is 0 Å². The summed E-state index contributed by atoms with van der Waals surface area (Å²) < 4.78 is 83.9. The summed E-state index contributed by atoms with van der Waals surface area (Å²) in [5.41, 5.74) is -1.83. The number of nitrogens with zero attached hydrogens (tertiary/aromatic N) is 1. The number of rotatable bonds is 2. The van der Waals surface area contributed by atoms with Gasteiger partial charge in [-0.1, -0.05) is 0 Å². The lowest BCUT2D eigenvalue weighted by Crippen LogP contribution is -2.04. The third kappa shape index (κ3) is 2.17. The Balaban J connectivity index is 2.79. The molecule has 0 aliphatic heterocycles. The molecular weight excluding hydrogens is 288 g/mol. The van der Waals surface area contributed by atoms with Crippen LogP contribution in [0.3, 0.4) is 0 Å². The predicted molar refractivity (Wildman–Crippen MR) is 56.0 cm³/mol. The fraction of sp³-hybridized carbons (Fsp3) is 0.0833. The Morgan fingerprint density at radius 2 is 1.30 bits per heavy atom. The molecule has 0 amide bonds. The fourth-order valence-corrected chi connectivity index (χ4v) is 1.58. The molecule has 0 saturated carbocycles. The first-order valence-corrected chi connectivity index (χ1v) is 5.10. The van der Waals surface area contributed by atoms with Crippen LogP contribution in [0.2, 0.25) is 0 Å². The zero-order valence-electron chi connectivity index (χ0n) is 9.78. The average Bonchev–Trinajstić information content (AvgIpc) is 2.42. The van der Waals surface area contributed by atoms with Crippen molar-refractivity contribution in [1.82, 2.24) is 4.98 Å². The molecule has 8 heteroatoms. The van der Waals surface area contributed by atoms with Crippen molar-refractivity contribution in [2.75, 3.05) is 7.11 Å². The molecule has 0 fully saturated rings. The lowest BCUT2D eigenvalue weighted by Gasteiger charge is -2.09. The van der Waals surface area contributed by atoms with Crippen LogP contribution >= 0.6 is 0 Å². The van der Waals surface area contributed by atoms with Gasteiger partial charge < -0.3 is 4.74 Å². The molecule has 0 atom stereocenters. The topological polar surface area (TPSA) is 22.1 Å². The third-order valence-corrected chi connectivity index (χ3v) is 2.48. The van der Waals surface area contributed by atoms with Crippen LogP contribution in [0.4, 0.5) is 26.3 Å². The van der Waals surface area contributed by atoms with Gasteiger partial charge in [0, 0.05) is 12.1 Å². The van der Waals surface area contributed by atoms with Crippen molar-refractivity contribution in [3.05, 3.63) is 47.2 Å². The molecule has 0 saturated heterocycles. The molecule has 20 heavy (non-hydrogen) atoms. The Morgan fingerprint density at radius 1 is 0.800 bits per heavy atom. The molecule has 0 N–H and O–H groups in total. The number of methoxy groups -OCH3 is 1. The molecular formula is C12H5F6NO. The van der Waals surface area contributed by atoms with E-state index in [4.69, 9.17) is 0 Å². The van der Waals surface area contributed by atoms with E-state index in [0.717, 1.165) is 13.2 Å². The van der Waals surface area contributed by atoms with Crippen LogP contribution in [-0.4, -0.2) is 12.1 Å². The molecule has 0 aliphatic carbocycles. The van der Waals surface area contributed by atoms with Gasteiger partial charge in [0.15, 0.2) is 23.3 Å². The summed E-state index contributed by atoms with van der Waals surface area (Å²) >= 11 is 0. The van der Waals surface area contributed by atoms with E-state index < -0.39 is 46.2 Å². The highest BCUT2D eigenvalue weighted by atomic mass is 19.2. The molecule has 2 aromatic rings. The second-order valence-electron chi connectivity index (χ2n) is 3.67. The summed E-state index contributed by atoms with van der Waals surface area (Å²) in [6.07, 6.45) is 0. The van der Waals surface area contributed by atoms with Crippen LogP contribution < -0.4 is 4.74 Å². The molecule has 0 unspecified atom stereocenters. The largest absolute Gasteiger partial charge is 0.481 e. The second kappa shape index (κ2) is 5.03. The van der Waals surface area contributed by atoms with Gasteiger partial charge in [-0.15, -0.1) is 0 Å². The highest BCUT2D eigenvalue weighted by Crippen LogP contribution is 2.32. The van der Waals surface area contributed by atoms with Gasteiger partial charge in [0.25, 0.3) is 0 Å². The Labute approximate surface area is 108 Å². The lowest BCUT2D eigenvalue weighted by molar-refractivity contribution is 0.380. The van der Waals surface area contributed by atoms with Crippen molar-refractivity contribution in [3.8, 4) is 17.0 Å². The first-order chi connectivity index (χ1) is 9.36. The molecule has 0 bridgehead atoms. The van der Waals surface area contributed by atoms with Crippen molar-refractivity contribution < 1.29 is 31.1 Å². The summed E-state index contributed by atoms with van der Waals surface area (Å²) in [5, 5.41) is 0. The van der Waals surface area contributed by atoms with E-state index in [2.05, 4.69) is 9.72 Å². The molecule has 0 spiro atoms. The fourth-order valence-electron chi connectivity index (χ4n) is 1.58. The summed E-state index contributed by atoms with van der Waals surface area (Å²) in [6.45, 7) is 0. The smallest absolute Gasteiger partial charge is 0.216 e. The van der Waals surface area contributed by atoms with E-state index in [-0.39, 0.29) is 5.88 Å². The van der Waals surface area contributed by atoms with E-state index in [1.807, 2.05) is 0 Å². The normalized spacial score (nSPS) is 10.8. The van der Waals surface area contributed by atoms with Crippen LogP contribution in [0.5, 0.6) is 5.88 Å². The summed E-state index contributed by atoms with van der Waals surface area (Å²) in [6, 6.07) is 1.38. The Morgan fingerprint density at radius 3 is 1.80 bits per heavy atom. The molecule has 1 heterocycles. The number of ether oxygens (including phenoxy) is 1. The van der Waals surface area contributed by atoms with Gasteiger partial charge in [0.05, 0.1) is 12.7 Å². The highest BCUT2D eigenvalue weighted by Gasteiger charge is 2.27. The second-order valence-corrected chi connectivity index (χ2v) is 3.67. The van der Waals surface area contributed by atoms with Crippen molar-refractivity contribution in [2.24, 2.45) is 0 Å². The monoisotopic (exact) mass is 293 g/mol. The van der Waals surface area contributed by atoms with E-state index in [1.165, 1.54) is 0 Å². The van der Waals surface area contributed by atoms with Gasteiger partial charge in [-0.3, -0.25) is 0 Å². The van der Waals surface area contributed by atoms with Gasteiger partial charge in [-0.25, -0.2) is 22.0 Å². The summed E-state index contributed by atoms with van der Waals surface area (Å²) in [5.74, 6) is -12.2. The van der Waals surface area contributed by atoms with Crippen LogP contribution in [0, 0.1) is 35.0 Å². The van der Waals surface area contributed by atoms with Gasteiger partial charge in [0.2, 0.25) is 17.6 Å². The van der Waals surface area contributed by atoms with Crippen molar-refractivity contribution >= 4 is 0 Å². The lowest BCUT2D eigenvalue weighted by atomic mass is 10.0. The standard InChI is InChI=1S/C12H5F6NO/c1-20-6-3-4(2-5(13)19-6)7-8(14)10(16)12(18)11(17)9(7)15/h2-3H,1H3. The van der Waals surface area contributed by atoms with E-state index >= 15 is 0 Å². The Hall–Kier alpha value is -2.25. The van der Waals surface area contributed by atoms with Crippen molar-refractivity contribution in [3.63, 3.8) is 0 Å². The number of aromatic nitrogens is 1. The quantitative estimate of drug-likeness (QED) is 0.365. The first-order valence-electron chi connectivity index (χ1n) is 5.10. The SMILES string of the molecule is COc1cc(-c2c(F)c(F)c(F)c(F)c2F)cc(F)n1. The van der Waals surface area contributed by atoms with Crippen LogP contribution in [-0.2, 0) is 0 Å². The molecule has 1 aromatic carbocycles. The minimum Gasteiger partial charge on any atom is -0.481 e. The summed E-state index contributed by atoms with van der Waals surface area (Å²) in [4.78, 5) is 3.20. The molecule has 1 aromatic heterocycles. The number of halogens is 6. The summed E-state index contributed by atoms with van der Waals surface area (Å²) in [7, 11) is 1.10. The molecule has 0 aliphatic rings.